The number of halogens is 2. The first-order valence-corrected chi connectivity index (χ1v) is 22.0. The van der Waals surface area contributed by atoms with Gasteiger partial charge in [-0.25, -0.2) is 28.3 Å². The summed E-state index contributed by atoms with van der Waals surface area (Å²) in [7, 11) is 6.18. The van der Waals surface area contributed by atoms with Crippen LogP contribution in [0.4, 0.5) is 18.4 Å². The highest BCUT2D eigenvalue weighted by Crippen LogP contribution is 2.41. The molecule has 0 aliphatic heterocycles. The summed E-state index contributed by atoms with van der Waals surface area (Å²) in [5.41, 5.74) is -2.51. The number of H-pyrrole nitrogens is 2. The van der Waals surface area contributed by atoms with E-state index in [1.54, 1.807) is 78.4 Å². The van der Waals surface area contributed by atoms with Crippen LogP contribution in [0.5, 0.6) is 0 Å². The third-order valence-corrected chi connectivity index (χ3v) is 12.6. The summed E-state index contributed by atoms with van der Waals surface area (Å²) in [5, 5.41) is 6.14. The van der Waals surface area contributed by atoms with Gasteiger partial charge in [0.1, 0.15) is 23.3 Å². The van der Waals surface area contributed by atoms with Crippen LogP contribution in [0, 0.1) is 33.3 Å². The highest BCUT2D eigenvalue weighted by molar-refractivity contribution is 5.90. The predicted octanol–water partition coefficient (Wildman–Crippen LogP) is 10.5. The molecule has 0 aliphatic carbocycles. The highest BCUT2D eigenvalue weighted by Gasteiger charge is 2.51. The monoisotopic (exact) mass is 915 g/mol. The normalized spacial score (nSPS) is 15.3. The van der Waals surface area contributed by atoms with Crippen LogP contribution in [-0.2, 0) is 19.1 Å². The number of aromatic nitrogens is 4. The second-order valence-electron chi connectivity index (χ2n) is 22.2. The van der Waals surface area contributed by atoms with Gasteiger partial charge in [-0.3, -0.25) is 9.59 Å². The molecule has 2 unspecified atom stereocenters. The molecule has 4 amide bonds. The Balaban J connectivity index is 1.45. The molecular weight excluding hydrogens is 847 g/mol. The maximum absolute atomic E-state index is 15.9. The van der Waals surface area contributed by atoms with Gasteiger partial charge in [0.05, 0.1) is 34.2 Å². The first kappa shape index (κ1) is 50.9. The van der Waals surface area contributed by atoms with Gasteiger partial charge >= 0.3 is 12.2 Å². The van der Waals surface area contributed by atoms with Crippen LogP contribution >= 0.6 is 0 Å². The number of amides is 4. The van der Waals surface area contributed by atoms with E-state index in [1.807, 2.05) is 83.1 Å². The molecular formula is C50H68F2N8O6. The lowest BCUT2D eigenvalue weighted by molar-refractivity contribution is -0.153. The SMILES string of the molecule is CN(C)C(=O)OC(C)(C(=O)N[C@H](c1nc2cc(-c3ccc(-c4cc5nc([C@@H](NC(=O)C(C)(OC(=O)N(C)C)C(C)(C)C)C(C)(C)C)[nH]c5cc4F)cc3)c(F)cc2[nH]1)C(C)(C)C)C(C)(C)C. The number of ether oxygens (including phenoxy) is 2. The zero-order chi connectivity index (χ0) is 49.9. The van der Waals surface area contributed by atoms with Gasteiger partial charge in [0.25, 0.3) is 11.8 Å². The van der Waals surface area contributed by atoms with Crippen molar-refractivity contribution in [1.29, 1.82) is 0 Å². The van der Waals surface area contributed by atoms with Crippen molar-refractivity contribution < 1.29 is 37.4 Å². The van der Waals surface area contributed by atoms with Crippen molar-refractivity contribution >= 4 is 46.1 Å². The molecule has 4 atom stereocenters. The zero-order valence-electron chi connectivity index (χ0n) is 41.8. The summed E-state index contributed by atoms with van der Waals surface area (Å²) in [6.07, 6.45) is -1.32. The number of nitrogens with zero attached hydrogens (tertiary/aromatic N) is 4. The van der Waals surface area contributed by atoms with Crippen molar-refractivity contribution in [2.75, 3.05) is 28.2 Å². The molecule has 2 heterocycles. The van der Waals surface area contributed by atoms with Crippen molar-refractivity contribution in [2.24, 2.45) is 21.7 Å². The number of benzene rings is 3. The molecule has 3 aromatic carbocycles. The maximum atomic E-state index is 15.9. The average Bonchev–Trinajstić information content (AvgIpc) is 3.78. The summed E-state index contributed by atoms with van der Waals surface area (Å²) in [4.78, 5) is 72.1. The summed E-state index contributed by atoms with van der Waals surface area (Å²) < 4.78 is 43.5. The molecule has 16 heteroatoms. The first-order valence-electron chi connectivity index (χ1n) is 22.0. The molecule has 0 saturated carbocycles. The van der Waals surface area contributed by atoms with Gasteiger partial charge in [0.15, 0.2) is 11.2 Å². The Kier molecular flexibility index (Phi) is 13.6. The lowest BCUT2D eigenvalue weighted by atomic mass is 9.76. The van der Waals surface area contributed by atoms with Crippen molar-refractivity contribution in [3.05, 3.63) is 71.8 Å². The third kappa shape index (κ3) is 10.2. The van der Waals surface area contributed by atoms with Crippen LogP contribution < -0.4 is 10.6 Å². The number of aromatic amines is 2. The zero-order valence-corrected chi connectivity index (χ0v) is 41.8. The molecule has 4 N–H and O–H groups in total. The molecule has 0 bridgehead atoms. The number of hydrogen-bond acceptors (Lipinski definition) is 8. The average molecular weight is 915 g/mol. The summed E-state index contributed by atoms with van der Waals surface area (Å²) in [6, 6.07) is 11.4. The largest absolute Gasteiger partial charge is 0.432 e. The van der Waals surface area contributed by atoms with Crippen LogP contribution in [0.2, 0.25) is 0 Å². The Morgan fingerprint density at radius 2 is 0.848 bits per heavy atom. The molecule has 358 valence electrons. The Morgan fingerprint density at radius 3 is 1.11 bits per heavy atom. The van der Waals surface area contributed by atoms with E-state index in [-0.39, 0.29) is 11.1 Å². The van der Waals surface area contributed by atoms with Gasteiger partial charge in [0.2, 0.25) is 0 Å². The summed E-state index contributed by atoms with van der Waals surface area (Å²) in [6.45, 7) is 25.7. The van der Waals surface area contributed by atoms with E-state index < -0.39 is 80.6 Å². The Labute approximate surface area is 387 Å². The Bertz CT molecular complexity index is 2460. The van der Waals surface area contributed by atoms with Crippen molar-refractivity contribution in [3.63, 3.8) is 0 Å². The number of imidazole rings is 2. The van der Waals surface area contributed by atoms with E-state index in [1.165, 1.54) is 21.9 Å². The van der Waals surface area contributed by atoms with Gasteiger partial charge < -0.3 is 39.9 Å². The molecule has 0 spiro atoms. The summed E-state index contributed by atoms with van der Waals surface area (Å²) in [5.74, 6) is -1.27. The number of hydrogen-bond donors (Lipinski definition) is 4. The van der Waals surface area contributed by atoms with Crippen molar-refractivity contribution in [3.8, 4) is 22.3 Å². The number of carbonyl (C=O) groups is 4. The Morgan fingerprint density at radius 1 is 0.545 bits per heavy atom. The van der Waals surface area contributed by atoms with Gasteiger partial charge in [-0.1, -0.05) is 107 Å². The maximum Gasteiger partial charge on any atom is 0.410 e. The molecule has 5 aromatic rings. The predicted molar refractivity (Wildman–Crippen MR) is 253 cm³/mol. The Hall–Kier alpha value is -6.06. The molecule has 0 fully saturated rings. The fourth-order valence-electron chi connectivity index (χ4n) is 7.19. The van der Waals surface area contributed by atoms with E-state index in [4.69, 9.17) is 19.4 Å². The number of rotatable bonds is 10. The fraction of sp³-hybridized carbons (Fsp3) is 0.520. The number of fused-ring (bicyclic) bond motifs is 2. The minimum absolute atomic E-state index is 0.265. The summed E-state index contributed by atoms with van der Waals surface area (Å²) >= 11 is 0. The minimum atomic E-state index is -1.55. The van der Waals surface area contributed by atoms with Crippen molar-refractivity contribution in [1.82, 2.24) is 40.4 Å². The van der Waals surface area contributed by atoms with E-state index in [9.17, 15) is 19.2 Å². The van der Waals surface area contributed by atoms with Gasteiger partial charge in [-0.05, 0) is 47.9 Å². The quantitative estimate of drug-likeness (QED) is 0.107. The van der Waals surface area contributed by atoms with Crippen molar-refractivity contribution in [2.45, 2.75) is 120 Å². The van der Waals surface area contributed by atoms with E-state index in [0.717, 1.165) is 0 Å². The highest BCUT2D eigenvalue weighted by atomic mass is 19.1. The number of nitrogens with one attached hydrogen (secondary N) is 4. The molecule has 66 heavy (non-hydrogen) atoms. The topological polar surface area (TPSA) is 175 Å². The van der Waals surface area contributed by atoms with E-state index >= 15 is 8.78 Å². The number of carbonyl (C=O) groups excluding carboxylic acids is 4. The lowest BCUT2D eigenvalue weighted by Crippen LogP contribution is -2.58. The van der Waals surface area contributed by atoms with E-state index in [2.05, 4.69) is 20.6 Å². The second-order valence-corrected chi connectivity index (χ2v) is 22.2. The molecule has 0 aliphatic rings. The van der Waals surface area contributed by atoms with Crippen LogP contribution in [-0.4, -0.2) is 93.1 Å². The standard InChI is InChI=1S/C50H68F2N8O6/c1-45(2,3)37(57-41(61)49(13,47(7,8)9)65-43(63)59(15)16)39-53-33-23-29(31(51)25-35(33)55-39)27-19-21-28(22-20-27)30-24-34-36(26-32(30)52)56-40(54-34)38(46(4,5)6)58-42(62)50(14,48(10,11)12)66-44(64)60(17)18/h19-26,37-38H,1-18H3,(H,53,55)(H,54,56)(H,57,61)(H,58,62)/t37-,38-,49?,50?/m1/s1. The van der Waals surface area contributed by atoms with Crippen LogP contribution in [0.25, 0.3) is 44.3 Å². The van der Waals surface area contributed by atoms with Crippen LogP contribution in [0.15, 0.2) is 48.5 Å². The molecule has 14 nitrogen and oxygen atoms in total. The fourth-order valence-corrected chi connectivity index (χ4v) is 7.19. The van der Waals surface area contributed by atoms with Crippen LogP contribution in [0.1, 0.15) is 121 Å². The van der Waals surface area contributed by atoms with Crippen LogP contribution in [0.3, 0.4) is 0 Å². The smallest absolute Gasteiger partial charge is 0.410 e. The minimum Gasteiger partial charge on any atom is -0.432 e. The van der Waals surface area contributed by atoms with Gasteiger partial charge in [-0.2, -0.15) is 0 Å². The lowest BCUT2D eigenvalue weighted by Gasteiger charge is -2.42. The first-order chi connectivity index (χ1) is 30.1. The van der Waals surface area contributed by atoms with E-state index in [0.29, 0.717) is 44.8 Å². The molecule has 0 saturated heterocycles. The third-order valence-electron chi connectivity index (χ3n) is 12.6. The van der Waals surface area contributed by atoms with Gasteiger partial charge in [-0.15, -0.1) is 0 Å². The van der Waals surface area contributed by atoms with Gasteiger partial charge in [0, 0.05) is 62.3 Å². The molecule has 2 aromatic heterocycles. The molecule has 5 rings (SSSR count). The second kappa shape index (κ2) is 17.6. The molecule has 0 radical (unpaired) electrons.